The molecule has 0 spiro atoms. The highest BCUT2D eigenvalue weighted by atomic mass is 16.4. The van der Waals surface area contributed by atoms with E-state index >= 15 is 0 Å². The Morgan fingerprint density at radius 2 is 2.00 bits per heavy atom. The van der Waals surface area contributed by atoms with Crippen LogP contribution in [0.1, 0.15) is 12.8 Å². The first-order valence-corrected chi connectivity index (χ1v) is 4.33. The summed E-state index contributed by atoms with van der Waals surface area (Å²) in [6.45, 7) is -0.761. The lowest BCUT2D eigenvalue weighted by atomic mass is 9.87. The maximum Gasteiger partial charge on any atom is 0.303 e. The van der Waals surface area contributed by atoms with Crippen LogP contribution < -0.4 is 0 Å². The van der Waals surface area contributed by atoms with Crippen LogP contribution in [0.3, 0.4) is 0 Å². The first-order valence-electron chi connectivity index (χ1n) is 4.33. The molecule has 0 heterocycles. The van der Waals surface area contributed by atoms with Crippen molar-refractivity contribution in [3.8, 4) is 0 Å². The highest BCUT2D eigenvalue weighted by Gasteiger charge is 2.53. The molecule has 0 radical (unpaired) electrons. The average molecular weight is 206 g/mol. The Morgan fingerprint density at radius 1 is 1.43 bits per heavy atom. The molecule has 1 aliphatic carbocycles. The van der Waals surface area contributed by atoms with Gasteiger partial charge in [-0.15, -0.1) is 0 Å². The molecule has 1 saturated carbocycles. The normalized spacial score (nSPS) is 42.7. The molecule has 1 aliphatic rings. The quantitative estimate of drug-likeness (QED) is 0.362. The Balaban J connectivity index is 2.83. The van der Waals surface area contributed by atoms with E-state index in [2.05, 4.69) is 0 Å². The number of aliphatic carboxylic acids is 1. The van der Waals surface area contributed by atoms with Gasteiger partial charge in [0.15, 0.2) is 0 Å². The second-order valence-corrected chi connectivity index (χ2v) is 3.67. The first kappa shape index (κ1) is 11.4. The van der Waals surface area contributed by atoms with Crippen LogP contribution in [0.4, 0.5) is 0 Å². The fourth-order valence-corrected chi connectivity index (χ4v) is 1.90. The number of rotatable bonds is 3. The van der Waals surface area contributed by atoms with Gasteiger partial charge in [-0.3, -0.25) is 4.79 Å². The predicted molar refractivity (Wildman–Crippen MR) is 44.4 cm³/mol. The highest BCUT2D eigenvalue weighted by molar-refractivity contribution is 5.67. The number of hydrogen-bond acceptors (Lipinski definition) is 5. The minimum absolute atomic E-state index is 0.116. The Bertz CT molecular complexity index is 230. The summed E-state index contributed by atoms with van der Waals surface area (Å²) in [5.41, 5.74) is -1.90. The first-order chi connectivity index (χ1) is 6.41. The Kier molecular flexibility index (Phi) is 3.10. The SMILES string of the molecule is O=C(O)C[C@@H]1[C@H](O)CC(O)C1(O)CO. The molecular formula is C8H14O6. The van der Waals surface area contributed by atoms with Gasteiger partial charge >= 0.3 is 5.97 Å². The summed E-state index contributed by atoms with van der Waals surface area (Å²) in [5.74, 6) is -2.21. The van der Waals surface area contributed by atoms with E-state index in [1.807, 2.05) is 0 Å². The average Bonchev–Trinajstić information content (AvgIpc) is 2.30. The van der Waals surface area contributed by atoms with Crippen molar-refractivity contribution in [3.05, 3.63) is 0 Å². The summed E-state index contributed by atoms with van der Waals surface area (Å²) >= 11 is 0. The largest absolute Gasteiger partial charge is 0.481 e. The van der Waals surface area contributed by atoms with Crippen molar-refractivity contribution >= 4 is 5.97 Å². The minimum atomic E-state index is -1.90. The molecule has 0 amide bonds. The van der Waals surface area contributed by atoms with Crippen LogP contribution in [0.5, 0.6) is 0 Å². The lowest BCUT2D eigenvalue weighted by Gasteiger charge is -2.30. The van der Waals surface area contributed by atoms with E-state index in [0.717, 1.165) is 0 Å². The third-order valence-electron chi connectivity index (χ3n) is 2.80. The van der Waals surface area contributed by atoms with E-state index in [9.17, 15) is 20.1 Å². The molecule has 4 atom stereocenters. The van der Waals surface area contributed by atoms with Crippen LogP contribution in [-0.4, -0.2) is 55.9 Å². The number of aliphatic hydroxyl groups excluding tert-OH is 3. The lowest BCUT2D eigenvalue weighted by molar-refractivity contribution is -0.148. The molecule has 0 aliphatic heterocycles. The van der Waals surface area contributed by atoms with Gasteiger partial charge in [0.1, 0.15) is 5.60 Å². The molecule has 6 nitrogen and oxygen atoms in total. The van der Waals surface area contributed by atoms with Crippen molar-refractivity contribution in [2.45, 2.75) is 30.7 Å². The van der Waals surface area contributed by atoms with Crippen molar-refractivity contribution < 1.29 is 30.3 Å². The second kappa shape index (κ2) is 3.82. The van der Waals surface area contributed by atoms with Gasteiger partial charge in [-0.05, 0) is 0 Å². The Labute approximate surface area is 80.4 Å². The van der Waals surface area contributed by atoms with Crippen LogP contribution in [0.15, 0.2) is 0 Å². The number of aliphatic hydroxyl groups is 4. The van der Waals surface area contributed by atoms with Gasteiger partial charge in [0.25, 0.3) is 0 Å². The molecular weight excluding hydrogens is 192 g/mol. The van der Waals surface area contributed by atoms with Gasteiger partial charge in [0, 0.05) is 12.3 Å². The van der Waals surface area contributed by atoms with Gasteiger partial charge in [-0.1, -0.05) is 0 Å². The molecule has 2 unspecified atom stereocenters. The molecule has 0 saturated heterocycles. The zero-order valence-corrected chi connectivity index (χ0v) is 7.50. The van der Waals surface area contributed by atoms with E-state index in [-0.39, 0.29) is 6.42 Å². The summed E-state index contributed by atoms with van der Waals surface area (Å²) in [6.07, 6.45) is -2.98. The third kappa shape index (κ3) is 1.74. The van der Waals surface area contributed by atoms with Gasteiger partial charge in [0.2, 0.25) is 0 Å². The van der Waals surface area contributed by atoms with Crippen molar-refractivity contribution in [2.24, 2.45) is 5.92 Å². The maximum atomic E-state index is 10.4. The Hall–Kier alpha value is -0.690. The topological polar surface area (TPSA) is 118 Å². The van der Waals surface area contributed by atoms with Crippen molar-refractivity contribution in [1.82, 2.24) is 0 Å². The molecule has 1 rings (SSSR count). The minimum Gasteiger partial charge on any atom is -0.481 e. The molecule has 14 heavy (non-hydrogen) atoms. The van der Waals surface area contributed by atoms with Gasteiger partial charge in [-0.25, -0.2) is 0 Å². The van der Waals surface area contributed by atoms with Crippen molar-refractivity contribution in [3.63, 3.8) is 0 Å². The van der Waals surface area contributed by atoms with E-state index in [1.54, 1.807) is 0 Å². The summed E-state index contributed by atoms with van der Waals surface area (Å²) in [7, 11) is 0. The number of hydrogen-bond donors (Lipinski definition) is 5. The summed E-state index contributed by atoms with van der Waals surface area (Å²) in [5, 5.41) is 45.8. The molecule has 1 fully saturated rings. The van der Waals surface area contributed by atoms with Crippen LogP contribution in [0, 0.1) is 5.92 Å². The monoisotopic (exact) mass is 206 g/mol. The number of carboxylic acids is 1. The molecule has 82 valence electrons. The van der Waals surface area contributed by atoms with E-state index in [4.69, 9.17) is 10.2 Å². The zero-order valence-electron chi connectivity index (χ0n) is 7.50. The fourth-order valence-electron chi connectivity index (χ4n) is 1.90. The standard InChI is InChI=1S/C8H14O6/c9-3-8(14)4(1-7(12)13)5(10)2-6(8)11/h4-6,9-11,14H,1-3H2,(H,12,13)/t4-,5-,6?,8?/m1/s1. The van der Waals surface area contributed by atoms with Crippen LogP contribution in [0.25, 0.3) is 0 Å². The summed E-state index contributed by atoms with van der Waals surface area (Å²) in [6, 6.07) is 0. The number of carboxylic acid groups (broad SMARTS) is 1. The van der Waals surface area contributed by atoms with Crippen molar-refractivity contribution in [2.75, 3.05) is 6.61 Å². The molecule has 0 bridgehead atoms. The maximum absolute atomic E-state index is 10.4. The van der Waals surface area contributed by atoms with Gasteiger partial charge < -0.3 is 25.5 Å². The third-order valence-corrected chi connectivity index (χ3v) is 2.80. The van der Waals surface area contributed by atoms with E-state index < -0.39 is 42.7 Å². The summed E-state index contributed by atoms with van der Waals surface area (Å²) < 4.78 is 0. The molecule has 0 aromatic carbocycles. The predicted octanol–water partition coefficient (Wildman–Crippen LogP) is -2.07. The smallest absolute Gasteiger partial charge is 0.303 e. The van der Waals surface area contributed by atoms with Crippen molar-refractivity contribution in [1.29, 1.82) is 0 Å². The van der Waals surface area contributed by atoms with E-state index in [1.165, 1.54) is 0 Å². The molecule has 5 N–H and O–H groups in total. The van der Waals surface area contributed by atoms with Crippen LogP contribution in [-0.2, 0) is 4.79 Å². The Morgan fingerprint density at radius 3 is 2.43 bits per heavy atom. The van der Waals surface area contributed by atoms with Crippen LogP contribution >= 0.6 is 0 Å². The van der Waals surface area contributed by atoms with Crippen LogP contribution in [0.2, 0.25) is 0 Å². The second-order valence-electron chi connectivity index (χ2n) is 3.67. The fraction of sp³-hybridized carbons (Fsp3) is 0.875. The molecule has 0 aromatic rings. The molecule has 0 aromatic heterocycles. The van der Waals surface area contributed by atoms with E-state index in [0.29, 0.717) is 0 Å². The van der Waals surface area contributed by atoms with Gasteiger partial charge in [0.05, 0.1) is 25.2 Å². The summed E-state index contributed by atoms with van der Waals surface area (Å²) in [4.78, 5) is 10.4. The molecule has 6 heteroatoms. The zero-order chi connectivity index (χ0) is 10.9. The highest BCUT2D eigenvalue weighted by Crippen LogP contribution is 2.38. The van der Waals surface area contributed by atoms with Gasteiger partial charge in [-0.2, -0.15) is 0 Å². The number of carbonyl (C=O) groups is 1. The lowest BCUT2D eigenvalue weighted by Crippen LogP contribution is -2.48.